The van der Waals surface area contributed by atoms with E-state index in [0.717, 1.165) is 11.1 Å². The Morgan fingerprint density at radius 1 is 1.16 bits per heavy atom. The molecule has 0 aromatic heterocycles. The number of nitrogens with zero attached hydrogens (tertiary/aromatic N) is 1. The molecule has 172 valence electrons. The molecule has 2 aromatic rings. The molecule has 1 heterocycles. The van der Waals surface area contributed by atoms with Crippen LogP contribution < -0.4 is 5.32 Å². The van der Waals surface area contributed by atoms with Crippen LogP contribution in [0.5, 0.6) is 0 Å². The van der Waals surface area contributed by atoms with Crippen molar-refractivity contribution in [1.29, 1.82) is 0 Å². The number of benzene rings is 2. The van der Waals surface area contributed by atoms with Gasteiger partial charge in [0.2, 0.25) is 10.0 Å². The molecule has 0 amide bonds. The first kappa shape index (κ1) is 23.5. The van der Waals surface area contributed by atoms with Crippen molar-refractivity contribution < 1.29 is 18.3 Å². The van der Waals surface area contributed by atoms with Gasteiger partial charge in [0.15, 0.2) is 0 Å². The van der Waals surface area contributed by atoms with Gasteiger partial charge in [-0.15, -0.1) is 0 Å². The molecule has 4 atom stereocenters. The van der Waals surface area contributed by atoms with E-state index in [1.807, 2.05) is 32.0 Å². The van der Waals surface area contributed by atoms with Crippen molar-refractivity contribution in [2.24, 2.45) is 5.92 Å². The number of piperazine rings is 1. The lowest BCUT2D eigenvalue weighted by molar-refractivity contribution is -0.141. The molecule has 0 bridgehead atoms. The van der Waals surface area contributed by atoms with Gasteiger partial charge in [0.05, 0.1) is 20.9 Å². The van der Waals surface area contributed by atoms with Crippen molar-refractivity contribution >= 4 is 39.2 Å². The van der Waals surface area contributed by atoms with E-state index in [-0.39, 0.29) is 29.4 Å². The number of carboxylic acids is 1. The van der Waals surface area contributed by atoms with Crippen LogP contribution in [0.3, 0.4) is 0 Å². The Kier molecular flexibility index (Phi) is 6.58. The average Bonchev–Trinajstić information content (AvgIpc) is 3.17. The van der Waals surface area contributed by atoms with Gasteiger partial charge in [-0.05, 0) is 68.0 Å². The van der Waals surface area contributed by atoms with Crippen molar-refractivity contribution in [1.82, 2.24) is 9.62 Å². The van der Waals surface area contributed by atoms with Crippen molar-refractivity contribution in [3.63, 3.8) is 0 Å². The number of halogens is 2. The molecule has 2 N–H and O–H groups in total. The Balaban J connectivity index is 1.64. The molecule has 4 rings (SSSR count). The van der Waals surface area contributed by atoms with Crippen molar-refractivity contribution in [3.05, 3.63) is 63.1 Å². The number of hydrogen-bond donors (Lipinski definition) is 2. The minimum absolute atomic E-state index is 0.109. The first-order valence-electron chi connectivity index (χ1n) is 10.6. The summed E-state index contributed by atoms with van der Waals surface area (Å²) in [6, 6.07) is 9.93. The number of fused-ring (bicyclic) bond motifs is 1. The van der Waals surface area contributed by atoms with Gasteiger partial charge in [0.1, 0.15) is 0 Å². The molecule has 1 fully saturated rings. The molecular weight excluding hydrogens is 471 g/mol. The zero-order valence-corrected chi connectivity index (χ0v) is 20.2. The number of hydrogen-bond acceptors (Lipinski definition) is 4. The van der Waals surface area contributed by atoms with Crippen LogP contribution in [0.4, 0.5) is 0 Å². The molecule has 1 aliphatic heterocycles. The van der Waals surface area contributed by atoms with Crippen LogP contribution in [-0.4, -0.2) is 48.5 Å². The van der Waals surface area contributed by atoms with Gasteiger partial charge >= 0.3 is 5.97 Å². The summed E-state index contributed by atoms with van der Waals surface area (Å²) in [6.07, 6.45) is 1.20. The lowest BCUT2D eigenvalue weighted by atomic mass is 9.97. The Morgan fingerprint density at radius 3 is 2.59 bits per heavy atom. The topological polar surface area (TPSA) is 86.7 Å². The first-order valence-corrected chi connectivity index (χ1v) is 12.8. The van der Waals surface area contributed by atoms with Crippen molar-refractivity contribution in [2.75, 3.05) is 6.54 Å². The molecule has 6 nitrogen and oxygen atoms in total. The van der Waals surface area contributed by atoms with E-state index in [9.17, 15) is 18.3 Å². The maximum Gasteiger partial charge on any atom is 0.307 e. The molecule has 2 unspecified atom stereocenters. The highest BCUT2D eigenvalue weighted by molar-refractivity contribution is 7.89. The van der Waals surface area contributed by atoms with Gasteiger partial charge in [0.25, 0.3) is 0 Å². The van der Waals surface area contributed by atoms with Crippen LogP contribution in [0.25, 0.3) is 0 Å². The summed E-state index contributed by atoms with van der Waals surface area (Å²) in [4.78, 5) is 11.7. The van der Waals surface area contributed by atoms with E-state index >= 15 is 0 Å². The van der Waals surface area contributed by atoms with E-state index in [4.69, 9.17) is 23.2 Å². The van der Waals surface area contributed by atoms with Gasteiger partial charge in [0, 0.05) is 24.7 Å². The minimum Gasteiger partial charge on any atom is -0.481 e. The third-order valence-corrected chi connectivity index (χ3v) is 9.51. The number of nitrogens with one attached hydrogen (secondary N) is 1. The fraction of sp³-hybridized carbons (Fsp3) is 0.435. The average molecular weight is 497 g/mol. The second-order valence-corrected chi connectivity index (χ2v) is 11.4. The number of sulfonamides is 1. The van der Waals surface area contributed by atoms with Crippen LogP contribution >= 0.6 is 23.2 Å². The minimum atomic E-state index is -3.82. The molecule has 2 aromatic carbocycles. The highest BCUT2D eigenvalue weighted by atomic mass is 35.5. The van der Waals surface area contributed by atoms with Crippen LogP contribution in [0.15, 0.2) is 41.3 Å². The summed E-state index contributed by atoms with van der Waals surface area (Å²) >= 11 is 12.2. The predicted octanol–water partition coefficient (Wildman–Crippen LogP) is 3.78. The van der Waals surface area contributed by atoms with Crippen LogP contribution in [-0.2, 0) is 34.1 Å². The zero-order valence-electron chi connectivity index (χ0n) is 17.9. The fourth-order valence-electron chi connectivity index (χ4n) is 4.93. The molecule has 1 aliphatic carbocycles. The molecule has 9 heteroatoms. The number of carbonyl (C=O) groups is 1. The molecule has 0 radical (unpaired) electrons. The largest absolute Gasteiger partial charge is 0.481 e. The first-order chi connectivity index (χ1) is 15.1. The third kappa shape index (κ3) is 4.29. The second-order valence-electron chi connectivity index (χ2n) is 8.73. The SMILES string of the molecule is CC1CN[C@@H](Cc2ccc(Cl)c(Cl)c2)[C@@H](C)N1S(=O)(=O)c1cccc2c1CC(C(=O)O)C2. The number of carboxylic acid groups (broad SMARTS) is 1. The Bertz CT molecular complexity index is 1150. The van der Waals surface area contributed by atoms with Gasteiger partial charge in [-0.25, -0.2) is 8.42 Å². The highest BCUT2D eigenvalue weighted by Gasteiger charge is 2.42. The maximum atomic E-state index is 13.9. The van der Waals surface area contributed by atoms with Crippen LogP contribution in [0, 0.1) is 5.92 Å². The lowest BCUT2D eigenvalue weighted by Crippen LogP contribution is -2.62. The van der Waals surface area contributed by atoms with E-state index in [1.54, 1.807) is 22.5 Å². The molecule has 1 saturated heterocycles. The lowest BCUT2D eigenvalue weighted by Gasteiger charge is -2.43. The summed E-state index contributed by atoms with van der Waals surface area (Å²) < 4.78 is 29.3. The molecule has 2 aliphatic rings. The third-order valence-electron chi connectivity index (χ3n) is 6.58. The van der Waals surface area contributed by atoms with E-state index in [1.165, 1.54) is 0 Å². The van der Waals surface area contributed by atoms with Gasteiger partial charge in [-0.2, -0.15) is 4.31 Å². The van der Waals surface area contributed by atoms with Gasteiger partial charge in [-0.1, -0.05) is 41.4 Å². The van der Waals surface area contributed by atoms with Gasteiger partial charge < -0.3 is 10.4 Å². The normalized spacial score (nSPS) is 26.1. The Morgan fingerprint density at radius 2 is 1.91 bits per heavy atom. The van der Waals surface area contributed by atoms with Crippen LogP contribution in [0.1, 0.15) is 30.5 Å². The quantitative estimate of drug-likeness (QED) is 0.657. The summed E-state index contributed by atoms with van der Waals surface area (Å²) in [5.74, 6) is -1.48. The monoisotopic (exact) mass is 496 g/mol. The molecular formula is C23H26Cl2N2O4S. The predicted molar refractivity (Wildman–Crippen MR) is 125 cm³/mol. The zero-order chi connectivity index (χ0) is 23.2. The molecule has 0 saturated carbocycles. The highest BCUT2D eigenvalue weighted by Crippen LogP contribution is 2.35. The molecule has 0 spiro atoms. The van der Waals surface area contributed by atoms with Crippen LogP contribution in [0.2, 0.25) is 10.0 Å². The van der Waals surface area contributed by atoms with Crippen molar-refractivity contribution in [2.45, 2.75) is 56.1 Å². The number of aliphatic carboxylic acids is 1. The number of rotatable bonds is 5. The van der Waals surface area contributed by atoms with Crippen molar-refractivity contribution in [3.8, 4) is 0 Å². The summed E-state index contributed by atoms with van der Waals surface area (Å²) in [7, 11) is -3.82. The standard InChI is InChI=1S/C23H26Cl2N2O4S/c1-13-12-26-21(9-15-6-7-19(24)20(25)8-15)14(2)27(13)32(30,31)22-5-3-4-16-10-17(23(28)29)11-18(16)22/h3-8,13-14,17,21,26H,9-12H2,1-2H3,(H,28,29)/t13?,14-,17?,21+/m1/s1. The smallest absolute Gasteiger partial charge is 0.307 e. The van der Waals surface area contributed by atoms with E-state index < -0.39 is 21.9 Å². The summed E-state index contributed by atoms with van der Waals surface area (Å²) in [5.41, 5.74) is 2.42. The Hall–Kier alpha value is -1.64. The molecule has 32 heavy (non-hydrogen) atoms. The maximum absolute atomic E-state index is 13.9. The summed E-state index contributed by atoms with van der Waals surface area (Å²) in [5, 5.41) is 13.9. The van der Waals surface area contributed by atoms with E-state index in [2.05, 4.69) is 5.32 Å². The van der Waals surface area contributed by atoms with Gasteiger partial charge in [-0.3, -0.25) is 4.79 Å². The Labute approximate surface area is 198 Å². The van der Waals surface area contributed by atoms with E-state index in [0.29, 0.717) is 35.0 Å². The fourth-order valence-corrected chi connectivity index (χ4v) is 7.39. The second kappa shape index (κ2) is 8.95. The summed E-state index contributed by atoms with van der Waals surface area (Å²) in [6.45, 7) is 4.31.